The average Bonchev–Trinajstić information content (AvgIpc) is 1.92. The molecular weight excluding hydrogens is 148 g/mol. The van der Waals surface area contributed by atoms with Crippen molar-refractivity contribution in [3.8, 4) is 0 Å². The van der Waals surface area contributed by atoms with Crippen LogP contribution in [0.25, 0.3) is 0 Å². The summed E-state index contributed by atoms with van der Waals surface area (Å²) in [5.74, 6) is 0.266. The molecular formula is C11H16O. The number of carbonyl (C=O) groups is 1. The molecule has 0 spiro atoms. The molecule has 0 aromatic carbocycles. The van der Waals surface area contributed by atoms with Crippen LogP contribution in [-0.2, 0) is 4.79 Å². The Morgan fingerprint density at radius 2 is 1.83 bits per heavy atom. The molecule has 1 aliphatic rings. The number of hydrogen-bond acceptors (Lipinski definition) is 1. The maximum absolute atomic E-state index is 11.3. The lowest BCUT2D eigenvalue weighted by Crippen LogP contribution is -2.16. The number of allylic oxidation sites excluding steroid dienone is 4. The van der Waals surface area contributed by atoms with Gasteiger partial charge < -0.3 is 0 Å². The molecule has 0 amide bonds. The number of rotatable bonds is 0. The Labute approximate surface area is 74.2 Å². The predicted molar refractivity (Wildman–Crippen MR) is 50.9 cm³/mol. The van der Waals surface area contributed by atoms with Crippen molar-refractivity contribution in [2.45, 2.75) is 34.1 Å². The van der Waals surface area contributed by atoms with E-state index in [9.17, 15) is 4.79 Å². The monoisotopic (exact) mass is 164 g/mol. The third-order valence-corrected chi connectivity index (χ3v) is 2.29. The molecule has 0 atom stereocenters. The van der Waals surface area contributed by atoms with Crippen LogP contribution in [0.1, 0.15) is 34.1 Å². The fourth-order valence-electron chi connectivity index (χ4n) is 1.21. The predicted octanol–water partition coefficient (Wildman–Crippen LogP) is 2.88. The summed E-state index contributed by atoms with van der Waals surface area (Å²) in [6.45, 7) is 8.29. The number of carbonyl (C=O) groups excluding carboxylic acids is 1. The largest absolute Gasteiger partial charge is 0.294 e. The molecule has 0 unspecified atom stereocenters. The van der Waals surface area contributed by atoms with E-state index in [-0.39, 0.29) is 11.2 Å². The molecule has 0 saturated heterocycles. The van der Waals surface area contributed by atoms with Crippen LogP contribution in [-0.4, -0.2) is 5.78 Å². The van der Waals surface area contributed by atoms with Crippen molar-refractivity contribution in [1.29, 1.82) is 0 Å². The first kappa shape index (κ1) is 9.24. The molecule has 66 valence electrons. The first-order valence-corrected chi connectivity index (χ1v) is 4.32. The highest BCUT2D eigenvalue weighted by Gasteiger charge is 2.21. The van der Waals surface area contributed by atoms with Crippen LogP contribution in [0.3, 0.4) is 0 Å². The van der Waals surface area contributed by atoms with Crippen LogP contribution in [0.5, 0.6) is 0 Å². The molecule has 0 fully saturated rings. The van der Waals surface area contributed by atoms with Crippen molar-refractivity contribution in [2.24, 2.45) is 5.41 Å². The Morgan fingerprint density at radius 1 is 1.25 bits per heavy atom. The van der Waals surface area contributed by atoms with Gasteiger partial charge in [0.1, 0.15) is 0 Å². The minimum absolute atomic E-state index is 0.132. The smallest absolute Gasteiger partial charge is 0.162 e. The average molecular weight is 164 g/mol. The quantitative estimate of drug-likeness (QED) is 0.538. The Morgan fingerprint density at radius 3 is 2.25 bits per heavy atom. The zero-order valence-electron chi connectivity index (χ0n) is 8.27. The Hall–Kier alpha value is -0.850. The third-order valence-electron chi connectivity index (χ3n) is 2.29. The summed E-state index contributed by atoms with van der Waals surface area (Å²) in [6.07, 6.45) is 4.61. The van der Waals surface area contributed by atoms with Crippen LogP contribution in [0.15, 0.2) is 23.3 Å². The lowest BCUT2D eigenvalue weighted by molar-refractivity contribution is -0.115. The highest BCUT2D eigenvalue weighted by molar-refractivity contribution is 5.97. The third kappa shape index (κ3) is 1.84. The van der Waals surface area contributed by atoms with Gasteiger partial charge in [-0.05, 0) is 17.9 Å². The van der Waals surface area contributed by atoms with Gasteiger partial charge >= 0.3 is 0 Å². The van der Waals surface area contributed by atoms with Gasteiger partial charge in [0.15, 0.2) is 5.78 Å². The van der Waals surface area contributed by atoms with E-state index in [4.69, 9.17) is 0 Å². The van der Waals surface area contributed by atoms with Gasteiger partial charge in [0.2, 0.25) is 0 Å². The van der Waals surface area contributed by atoms with E-state index in [1.54, 1.807) is 0 Å². The van der Waals surface area contributed by atoms with Gasteiger partial charge in [-0.1, -0.05) is 38.5 Å². The van der Waals surface area contributed by atoms with Gasteiger partial charge in [0.05, 0.1) is 0 Å². The van der Waals surface area contributed by atoms with Crippen LogP contribution in [0, 0.1) is 5.41 Å². The number of Topliss-reactive ketones (excluding diaryl/α,β-unsaturated/α-hetero) is 1. The van der Waals surface area contributed by atoms with Crippen LogP contribution < -0.4 is 0 Å². The maximum Gasteiger partial charge on any atom is 0.162 e. The molecule has 1 rings (SSSR count). The van der Waals surface area contributed by atoms with Gasteiger partial charge in [-0.15, -0.1) is 0 Å². The van der Waals surface area contributed by atoms with Gasteiger partial charge in [-0.25, -0.2) is 0 Å². The van der Waals surface area contributed by atoms with Gasteiger partial charge in [0.25, 0.3) is 0 Å². The van der Waals surface area contributed by atoms with E-state index < -0.39 is 0 Å². The lowest BCUT2D eigenvalue weighted by atomic mass is 9.80. The summed E-state index contributed by atoms with van der Waals surface area (Å²) in [5.41, 5.74) is 2.24. The van der Waals surface area contributed by atoms with Crippen LogP contribution in [0.4, 0.5) is 0 Å². The summed E-state index contributed by atoms with van der Waals surface area (Å²) in [5, 5.41) is 0. The molecule has 0 aliphatic heterocycles. The normalized spacial score (nSPS) is 18.8. The second-order valence-corrected chi connectivity index (χ2v) is 4.39. The van der Waals surface area contributed by atoms with Crippen molar-refractivity contribution in [2.75, 3.05) is 0 Å². The molecule has 1 aliphatic carbocycles. The van der Waals surface area contributed by atoms with Crippen LogP contribution in [0.2, 0.25) is 0 Å². The molecule has 0 aromatic heterocycles. The highest BCUT2D eigenvalue weighted by atomic mass is 16.1. The Kier molecular flexibility index (Phi) is 2.22. The second kappa shape index (κ2) is 2.89. The fraction of sp³-hybridized carbons (Fsp3) is 0.545. The van der Waals surface area contributed by atoms with Crippen LogP contribution >= 0.6 is 0 Å². The van der Waals surface area contributed by atoms with Crippen molar-refractivity contribution >= 4 is 5.78 Å². The SMILES string of the molecule is CC1=CC=C(C(C)(C)C)CC1=O. The fourth-order valence-corrected chi connectivity index (χ4v) is 1.21. The first-order chi connectivity index (χ1) is 5.41. The van der Waals surface area contributed by atoms with Crippen molar-refractivity contribution in [3.63, 3.8) is 0 Å². The molecule has 0 saturated carbocycles. The first-order valence-electron chi connectivity index (χ1n) is 4.32. The molecule has 12 heavy (non-hydrogen) atoms. The molecule has 1 heteroatoms. The standard InChI is InChI=1S/C11H16O/c1-8-5-6-9(7-10(8)12)11(2,3)4/h5-6H,7H2,1-4H3. The summed E-state index contributed by atoms with van der Waals surface area (Å²) >= 11 is 0. The molecule has 0 aromatic rings. The van der Waals surface area contributed by atoms with E-state index >= 15 is 0 Å². The molecule has 0 radical (unpaired) electrons. The highest BCUT2D eigenvalue weighted by Crippen LogP contribution is 2.31. The summed E-state index contributed by atoms with van der Waals surface area (Å²) in [4.78, 5) is 11.3. The lowest BCUT2D eigenvalue weighted by Gasteiger charge is -2.24. The van der Waals surface area contributed by atoms with Gasteiger partial charge in [0, 0.05) is 6.42 Å². The van der Waals surface area contributed by atoms with E-state index in [1.807, 2.05) is 13.0 Å². The summed E-state index contributed by atoms with van der Waals surface area (Å²) in [7, 11) is 0. The van der Waals surface area contributed by atoms with Crippen molar-refractivity contribution in [1.82, 2.24) is 0 Å². The second-order valence-electron chi connectivity index (χ2n) is 4.39. The molecule has 0 bridgehead atoms. The minimum atomic E-state index is 0.132. The zero-order valence-corrected chi connectivity index (χ0v) is 8.27. The molecule has 1 nitrogen and oxygen atoms in total. The van der Waals surface area contributed by atoms with Crippen molar-refractivity contribution in [3.05, 3.63) is 23.3 Å². The zero-order chi connectivity index (χ0) is 9.35. The summed E-state index contributed by atoms with van der Waals surface area (Å²) < 4.78 is 0. The molecule has 0 N–H and O–H groups in total. The van der Waals surface area contributed by atoms with Gasteiger partial charge in [-0.3, -0.25) is 4.79 Å². The molecule has 0 heterocycles. The summed E-state index contributed by atoms with van der Waals surface area (Å²) in [6, 6.07) is 0. The van der Waals surface area contributed by atoms with E-state index in [1.165, 1.54) is 5.57 Å². The van der Waals surface area contributed by atoms with E-state index in [2.05, 4.69) is 26.8 Å². The number of hydrogen-bond donors (Lipinski definition) is 0. The minimum Gasteiger partial charge on any atom is -0.294 e. The maximum atomic E-state index is 11.3. The Balaban J connectivity index is 2.92. The topological polar surface area (TPSA) is 17.1 Å². The Bertz CT molecular complexity index is 261. The van der Waals surface area contributed by atoms with Gasteiger partial charge in [-0.2, -0.15) is 0 Å². The van der Waals surface area contributed by atoms with E-state index in [0.717, 1.165) is 5.57 Å². The van der Waals surface area contributed by atoms with E-state index in [0.29, 0.717) is 6.42 Å². The number of ketones is 1. The van der Waals surface area contributed by atoms with Crippen molar-refractivity contribution < 1.29 is 4.79 Å².